The summed E-state index contributed by atoms with van der Waals surface area (Å²) in [6, 6.07) is 0. The Labute approximate surface area is 109 Å². The Balaban J connectivity index is 3.87. The van der Waals surface area contributed by atoms with Crippen LogP contribution in [0.3, 0.4) is 0 Å². The monoisotopic (exact) mass is 260 g/mol. The summed E-state index contributed by atoms with van der Waals surface area (Å²) in [5.74, 6) is 1.30. The van der Waals surface area contributed by atoms with E-state index in [1.807, 2.05) is 0 Å². The van der Waals surface area contributed by atoms with Crippen molar-refractivity contribution in [3.63, 3.8) is 0 Å². The van der Waals surface area contributed by atoms with Crippen LogP contribution in [0.1, 0.15) is 53.4 Å². The second kappa shape index (κ2) is 9.12. The van der Waals surface area contributed by atoms with Crippen molar-refractivity contribution in [3.05, 3.63) is 0 Å². The highest BCUT2D eigenvalue weighted by Gasteiger charge is 2.25. The van der Waals surface area contributed by atoms with Crippen LogP contribution in [0, 0.1) is 11.8 Å². The van der Waals surface area contributed by atoms with Crippen LogP contribution in [0.25, 0.3) is 0 Å². The smallest absolute Gasteiger partial charge is 0.331 e. The van der Waals surface area contributed by atoms with Gasteiger partial charge in [0.2, 0.25) is 0 Å². The molecule has 0 bridgehead atoms. The molecular formula is C14H32O2Si. The molecule has 0 heterocycles. The van der Waals surface area contributed by atoms with E-state index in [4.69, 9.17) is 8.85 Å². The Morgan fingerprint density at radius 2 is 1.59 bits per heavy atom. The van der Waals surface area contributed by atoms with Crippen LogP contribution in [-0.2, 0) is 8.85 Å². The zero-order valence-electron chi connectivity index (χ0n) is 12.7. The first-order valence-electron chi connectivity index (χ1n) is 7.19. The second-order valence-electron chi connectivity index (χ2n) is 5.83. The molecular weight excluding hydrogens is 228 g/mol. The number of hydrogen-bond donors (Lipinski definition) is 0. The highest BCUT2D eigenvalue weighted by Crippen LogP contribution is 2.17. The highest BCUT2D eigenvalue weighted by atomic mass is 28.4. The molecule has 17 heavy (non-hydrogen) atoms. The number of unbranched alkanes of at least 4 members (excludes halogenated alkanes) is 1. The first-order chi connectivity index (χ1) is 7.91. The molecule has 0 saturated heterocycles. The molecule has 0 aromatic heterocycles. The molecule has 0 saturated carbocycles. The minimum atomic E-state index is -1.88. The maximum atomic E-state index is 6.05. The molecule has 1 unspecified atom stereocenters. The van der Waals surface area contributed by atoms with Crippen molar-refractivity contribution in [1.29, 1.82) is 0 Å². The average molecular weight is 260 g/mol. The van der Waals surface area contributed by atoms with Gasteiger partial charge in [-0.3, -0.25) is 0 Å². The Morgan fingerprint density at radius 1 is 1.00 bits per heavy atom. The lowest BCUT2D eigenvalue weighted by molar-refractivity contribution is 0.136. The quantitative estimate of drug-likeness (QED) is 0.535. The van der Waals surface area contributed by atoms with Gasteiger partial charge in [0, 0.05) is 13.2 Å². The molecule has 0 rings (SSSR count). The SMILES string of the molecule is CCCCC(CC)CO[Si](C)(C)OCC(C)C. The van der Waals surface area contributed by atoms with Crippen LogP contribution in [0.2, 0.25) is 13.1 Å². The highest BCUT2D eigenvalue weighted by molar-refractivity contribution is 6.64. The fourth-order valence-electron chi connectivity index (χ4n) is 1.63. The topological polar surface area (TPSA) is 18.5 Å². The van der Waals surface area contributed by atoms with Crippen LogP contribution in [0.4, 0.5) is 0 Å². The van der Waals surface area contributed by atoms with E-state index in [1.165, 1.54) is 25.7 Å². The average Bonchev–Trinajstić information content (AvgIpc) is 2.27. The minimum absolute atomic E-state index is 0.590. The van der Waals surface area contributed by atoms with Crippen molar-refractivity contribution in [3.8, 4) is 0 Å². The Hall–Kier alpha value is 0.137. The molecule has 0 spiro atoms. The van der Waals surface area contributed by atoms with Gasteiger partial charge in [-0.25, -0.2) is 0 Å². The van der Waals surface area contributed by atoms with Crippen molar-refractivity contribution in [2.45, 2.75) is 66.5 Å². The maximum Gasteiger partial charge on any atom is 0.331 e. The summed E-state index contributed by atoms with van der Waals surface area (Å²) >= 11 is 0. The molecule has 0 fully saturated rings. The van der Waals surface area contributed by atoms with Crippen molar-refractivity contribution in [2.24, 2.45) is 11.8 Å². The standard InChI is InChI=1S/C14H32O2Si/c1-7-9-10-14(8-2)12-16-17(5,6)15-11-13(3)4/h13-14H,7-12H2,1-6H3. The van der Waals surface area contributed by atoms with Gasteiger partial charge < -0.3 is 8.85 Å². The normalized spacial score (nSPS) is 14.3. The van der Waals surface area contributed by atoms with Gasteiger partial charge >= 0.3 is 8.56 Å². The van der Waals surface area contributed by atoms with E-state index in [2.05, 4.69) is 40.8 Å². The predicted octanol–water partition coefficient (Wildman–Crippen LogP) is 4.59. The fraction of sp³-hybridized carbons (Fsp3) is 1.00. The number of rotatable bonds is 10. The summed E-state index contributed by atoms with van der Waals surface area (Å²) in [6.07, 6.45) is 5.11. The van der Waals surface area contributed by atoms with Crippen LogP contribution >= 0.6 is 0 Å². The zero-order chi connectivity index (χ0) is 13.3. The van der Waals surface area contributed by atoms with E-state index in [-0.39, 0.29) is 0 Å². The van der Waals surface area contributed by atoms with Gasteiger partial charge in [-0.15, -0.1) is 0 Å². The molecule has 0 aliphatic carbocycles. The number of hydrogen-bond acceptors (Lipinski definition) is 2. The molecule has 0 aliphatic rings. The van der Waals surface area contributed by atoms with Gasteiger partial charge in [-0.05, 0) is 31.4 Å². The lowest BCUT2D eigenvalue weighted by Crippen LogP contribution is -2.37. The molecule has 0 aliphatic heterocycles. The maximum absolute atomic E-state index is 6.05. The van der Waals surface area contributed by atoms with E-state index >= 15 is 0 Å². The molecule has 0 amide bonds. The first kappa shape index (κ1) is 17.1. The molecule has 1 atom stereocenters. The van der Waals surface area contributed by atoms with Gasteiger partial charge in [0.15, 0.2) is 0 Å². The summed E-state index contributed by atoms with van der Waals surface area (Å²) in [4.78, 5) is 0. The van der Waals surface area contributed by atoms with Crippen molar-refractivity contribution >= 4 is 8.56 Å². The molecule has 0 aromatic rings. The third-order valence-corrected chi connectivity index (χ3v) is 4.70. The van der Waals surface area contributed by atoms with E-state index in [1.54, 1.807) is 0 Å². The summed E-state index contributed by atoms with van der Waals surface area (Å²) in [7, 11) is -1.88. The second-order valence-corrected chi connectivity index (χ2v) is 9.21. The van der Waals surface area contributed by atoms with E-state index < -0.39 is 8.56 Å². The Morgan fingerprint density at radius 3 is 2.06 bits per heavy atom. The van der Waals surface area contributed by atoms with Crippen LogP contribution in [-0.4, -0.2) is 21.8 Å². The summed E-state index contributed by atoms with van der Waals surface area (Å²) in [5.41, 5.74) is 0. The lowest BCUT2D eigenvalue weighted by Gasteiger charge is -2.26. The van der Waals surface area contributed by atoms with Crippen LogP contribution < -0.4 is 0 Å². The first-order valence-corrected chi connectivity index (χ1v) is 10.0. The van der Waals surface area contributed by atoms with Crippen molar-refractivity contribution in [1.82, 2.24) is 0 Å². The third-order valence-electron chi connectivity index (χ3n) is 2.97. The Bertz CT molecular complexity index is 181. The molecule has 0 N–H and O–H groups in total. The molecule has 0 aromatic carbocycles. The van der Waals surface area contributed by atoms with E-state index in [0.29, 0.717) is 11.8 Å². The van der Waals surface area contributed by atoms with Gasteiger partial charge in [-0.1, -0.05) is 47.0 Å². The van der Waals surface area contributed by atoms with Crippen molar-refractivity contribution < 1.29 is 8.85 Å². The zero-order valence-corrected chi connectivity index (χ0v) is 13.7. The van der Waals surface area contributed by atoms with Gasteiger partial charge in [0.25, 0.3) is 0 Å². The predicted molar refractivity (Wildman–Crippen MR) is 77.5 cm³/mol. The van der Waals surface area contributed by atoms with Crippen molar-refractivity contribution in [2.75, 3.05) is 13.2 Å². The Kier molecular flexibility index (Phi) is 9.19. The van der Waals surface area contributed by atoms with Crippen LogP contribution in [0.5, 0.6) is 0 Å². The lowest BCUT2D eigenvalue weighted by atomic mass is 10.0. The van der Waals surface area contributed by atoms with Gasteiger partial charge in [0.1, 0.15) is 0 Å². The van der Waals surface area contributed by atoms with Gasteiger partial charge in [0.05, 0.1) is 0 Å². The van der Waals surface area contributed by atoms with Gasteiger partial charge in [-0.2, -0.15) is 0 Å². The molecule has 104 valence electrons. The minimum Gasteiger partial charge on any atom is -0.394 e. The third kappa shape index (κ3) is 9.80. The van der Waals surface area contributed by atoms with Crippen LogP contribution in [0.15, 0.2) is 0 Å². The molecule has 2 nitrogen and oxygen atoms in total. The van der Waals surface area contributed by atoms with E-state index in [0.717, 1.165) is 13.2 Å². The summed E-state index contributed by atoms with van der Waals surface area (Å²) in [5, 5.41) is 0. The van der Waals surface area contributed by atoms with E-state index in [9.17, 15) is 0 Å². The molecule has 0 radical (unpaired) electrons. The summed E-state index contributed by atoms with van der Waals surface area (Å²) in [6.45, 7) is 14.9. The molecule has 3 heteroatoms. The fourth-order valence-corrected chi connectivity index (χ4v) is 3.08. The summed E-state index contributed by atoms with van der Waals surface area (Å²) < 4.78 is 12.0. The largest absolute Gasteiger partial charge is 0.394 e.